The summed E-state index contributed by atoms with van der Waals surface area (Å²) in [5, 5.41) is 0. The average Bonchev–Trinajstić information content (AvgIpc) is 2.77. The summed E-state index contributed by atoms with van der Waals surface area (Å²) in [7, 11) is 0. The maximum Gasteiger partial charge on any atom is 0.264 e. The summed E-state index contributed by atoms with van der Waals surface area (Å²) < 4.78 is 14.1. The molecule has 0 fully saturated rings. The molecule has 0 radical (unpaired) electrons. The van der Waals surface area contributed by atoms with Gasteiger partial charge in [0, 0.05) is 5.56 Å². The number of hydrogen-bond donors (Lipinski definition) is 0. The lowest BCUT2D eigenvalue weighted by Crippen LogP contribution is -2.36. The van der Waals surface area contributed by atoms with Crippen LogP contribution in [0.2, 0.25) is 0 Å². The van der Waals surface area contributed by atoms with Gasteiger partial charge in [-0.1, -0.05) is 54.6 Å². The lowest BCUT2D eigenvalue weighted by molar-refractivity contribution is 0.0604. The number of carbonyl (C=O) groups excluding carboxylic acids is 2. The summed E-state index contributed by atoms with van der Waals surface area (Å²) in [6.07, 6.45) is 0. The minimum atomic E-state index is -0.633. The van der Waals surface area contributed by atoms with E-state index < -0.39 is 17.6 Å². The van der Waals surface area contributed by atoms with Crippen molar-refractivity contribution in [3.8, 4) is 11.1 Å². The average molecular weight is 331 g/mol. The van der Waals surface area contributed by atoms with Crippen LogP contribution in [0.5, 0.6) is 0 Å². The molecule has 3 nitrogen and oxygen atoms in total. The molecule has 0 N–H and O–H groups in total. The maximum atomic E-state index is 14.1. The molecule has 3 aromatic rings. The van der Waals surface area contributed by atoms with Crippen LogP contribution in [0, 0.1) is 5.82 Å². The van der Waals surface area contributed by atoms with Gasteiger partial charge >= 0.3 is 0 Å². The summed E-state index contributed by atoms with van der Waals surface area (Å²) in [5.41, 5.74) is 2.89. The van der Waals surface area contributed by atoms with Gasteiger partial charge in [0.1, 0.15) is 5.82 Å². The molecule has 0 saturated heterocycles. The van der Waals surface area contributed by atoms with E-state index in [9.17, 15) is 14.0 Å². The molecule has 2 amide bonds. The first-order valence-corrected chi connectivity index (χ1v) is 7.95. The summed E-state index contributed by atoms with van der Waals surface area (Å²) >= 11 is 0. The van der Waals surface area contributed by atoms with Crippen molar-refractivity contribution in [2.45, 2.75) is 6.54 Å². The molecule has 0 aromatic heterocycles. The van der Waals surface area contributed by atoms with Crippen molar-refractivity contribution in [3.63, 3.8) is 0 Å². The molecule has 3 aromatic carbocycles. The van der Waals surface area contributed by atoms with E-state index in [0.717, 1.165) is 21.6 Å². The largest absolute Gasteiger partial charge is 0.270 e. The minimum absolute atomic E-state index is 0.104. The molecule has 1 aliphatic heterocycles. The third-order valence-electron chi connectivity index (χ3n) is 4.39. The van der Waals surface area contributed by atoms with Crippen molar-refractivity contribution in [1.82, 2.24) is 4.90 Å². The Hall–Kier alpha value is -3.27. The second kappa shape index (κ2) is 5.98. The Morgan fingerprint density at radius 1 is 0.800 bits per heavy atom. The fourth-order valence-corrected chi connectivity index (χ4v) is 3.16. The molecule has 0 saturated carbocycles. The van der Waals surface area contributed by atoms with E-state index in [0.29, 0.717) is 5.56 Å². The fourth-order valence-electron chi connectivity index (χ4n) is 3.16. The Morgan fingerprint density at radius 3 is 2.16 bits per heavy atom. The van der Waals surface area contributed by atoms with E-state index in [2.05, 4.69) is 0 Å². The third kappa shape index (κ3) is 2.52. The van der Waals surface area contributed by atoms with Crippen LogP contribution in [0.25, 0.3) is 11.1 Å². The number of halogens is 1. The van der Waals surface area contributed by atoms with Gasteiger partial charge in [-0.15, -0.1) is 0 Å². The number of imide groups is 1. The molecular weight excluding hydrogens is 317 g/mol. The van der Waals surface area contributed by atoms with E-state index in [1.807, 2.05) is 36.4 Å². The first kappa shape index (κ1) is 15.3. The van der Waals surface area contributed by atoms with Gasteiger partial charge in [-0.25, -0.2) is 4.39 Å². The molecule has 0 spiro atoms. The quantitative estimate of drug-likeness (QED) is 0.624. The lowest BCUT2D eigenvalue weighted by Gasteiger charge is -2.20. The number of carbonyl (C=O) groups is 2. The first-order valence-electron chi connectivity index (χ1n) is 7.95. The van der Waals surface area contributed by atoms with Crippen LogP contribution in [0.4, 0.5) is 4.39 Å². The normalized spacial score (nSPS) is 13.0. The van der Waals surface area contributed by atoms with Gasteiger partial charge < -0.3 is 0 Å². The minimum Gasteiger partial charge on any atom is -0.270 e. The van der Waals surface area contributed by atoms with Crippen LogP contribution >= 0.6 is 0 Å². The molecule has 1 aliphatic rings. The van der Waals surface area contributed by atoms with Gasteiger partial charge in [0.15, 0.2) is 0 Å². The second-order valence-corrected chi connectivity index (χ2v) is 5.88. The predicted octanol–water partition coefficient (Wildman–Crippen LogP) is 4.29. The molecular formula is C21H14FNO2. The van der Waals surface area contributed by atoms with Crippen molar-refractivity contribution in [3.05, 3.63) is 95.3 Å². The predicted molar refractivity (Wildman–Crippen MR) is 92.5 cm³/mol. The summed E-state index contributed by atoms with van der Waals surface area (Å²) in [4.78, 5) is 27.0. The van der Waals surface area contributed by atoms with Crippen molar-refractivity contribution in [1.29, 1.82) is 0 Å². The van der Waals surface area contributed by atoms with Gasteiger partial charge in [0.25, 0.3) is 11.8 Å². The van der Waals surface area contributed by atoms with Crippen LogP contribution in [0.3, 0.4) is 0 Å². The molecule has 0 atom stereocenters. The summed E-state index contributed by atoms with van der Waals surface area (Å²) in [6, 6.07) is 20.5. The second-order valence-electron chi connectivity index (χ2n) is 5.88. The van der Waals surface area contributed by atoms with Crippen LogP contribution in [-0.2, 0) is 6.54 Å². The smallest absolute Gasteiger partial charge is 0.264 e. The number of fused-ring (bicyclic) bond motifs is 3. The van der Waals surface area contributed by atoms with Gasteiger partial charge in [-0.05, 0) is 34.9 Å². The Balaban J connectivity index is 1.88. The van der Waals surface area contributed by atoms with Crippen LogP contribution < -0.4 is 0 Å². The number of hydrogen-bond acceptors (Lipinski definition) is 2. The zero-order chi connectivity index (χ0) is 17.4. The van der Waals surface area contributed by atoms with Gasteiger partial charge in [0.05, 0.1) is 12.1 Å². The zero-order valence-corrected chi connectivity index (χ0v) is 13.3. The molecule has 0 bridgehead atoms. The topological polar surface area (TPSA) is 37.4 Å². The molecule has 122 valence electrons. The van der Waals surface area contributed by atoms with Gasteiger partial charge in [-0.3, -0.25) is 14.5 Å². The maximum absolute atomic E-state index is 14.1. The highest BCUT2D eigenvalue weighted by Crippen LogP contribution is 2.33. The standard InChI is InChI=1S/C21H14FNO2/c22-19-12-6-5-11-18(19)21(25)23-13-14-7-1-2-8-15(14)16-9-3-4-10-17(16)20(23)24/h1-12H,13H2. The van der Waals surface area contributed by atoms with Crippen molar-refractivity contribution in [2.24, 2.45) is 0 Å². The van der Waals surface area contributed by atoms with E-state index in [-0.39, 0.29) is 12.1 Å². The first-order chi connectivity index (χ1) is 12.2. The molecule has 1 heterocycles. The highest BCUT2D eigenvalue weighted by atomic mass is 19.1. The summed E-state index contributed by atoms with van der Waals surface area (Å²) in [5.74, 6) is -1.68. The van der Waals surface area contributed by atoms with Crippen molar-refractivity contribution < 1.29 is 14.0 Å². The highest BCUT2D eigenvalue weighted by Gasteiger charge is 2.31. The summed E-state index contributed by atoms with van der Waals surface area (Å²) in [6.45, 7) is 0.108. The van der Waals surface area contributed by atoms with Crippen LogP contribution in [-0.4, -0.2) is 16.7 Å². The Labute approximate surface area is 144 Å². The van der Waals surface area contributed by atoms with E-state index >= 15 is 0 Å². The zero-order valence-electron chi connectivity index (χ0n) is 13.3. The van der Waals surface area contributed by atoms with Crippen molar-refractivity contribution >= 4 is 11.8 Å². The monoisotopic (exact) mass is 331 g/mol. The Bertz CT molecular complexity index is 996. The fraction of sp³-hybridized carbons (Fsp3) is 0.0476. The Kier molecular flexibility index (Phi) is 3.65. The molecule has 4 heteroatoms. The van der Waals surface area contributed by atoms with E-state index in [4.69, 9.17) is 0 Å². The van der Waals surface area contributed by atoms with Gasteiger partial charge in [-0.2, -0.15) is 0 Å². The van der Waals surface area contributed by atoms with E-state index in [1.165, 1.54) is 18.2 Å². The number of nitrogens with zero attached hydrogens (tertiary/aromatic N) is 1. The van der Waals surface area contributed by atoms with Crippen molar-refractivity contribution in [2.75, 3.05) is 0 Å². The molecule has 25 heavy (non-hydrogen) atoms. The number of amides is 2. The molecule has 4 rings (SSSR count). The SMILES string of the molecule is O=C(c1ccccc1F)N1Cc2ccccc2-c2ccccc2C1=O. The van der Waals surface area contributed by atoms with Gasteiger partial charge in [0.2, 0.25) is 0 Å². The van der Waals surface area contributed by atoms with Crippen LogP contribution in [0.1, 0.15) is 26.3 Å². The molecule has 0 aliphatic carbocycles. The number of benzene rings is 3. The number of rotatable bonds is 1. The van der Waals surface area contributed by atoms with E-state index in [1.54, 1.807) is 18.2 Å². The third-order valence-corrected chi connectivity index (χ3v) is 4.39. The highest BCUT2D eigenvalue weighted by molar-refractivity contribution is 6.13. The van der Waals surface area contributed by atoms with Crippen LogP contribution in [0.15, 0.2) is 72.8 Å². The molecule has 0 unspecified atom stereocenters. The lowest BCUT2D eigenvalue weighted by atomic mass is 9.97. The Morgan fingerprint density at radius 2 is 1.40 bits per heavy atom.